The van der Waals surface area contributed by atoms with Gasteiger partial charge in [0.2, 0.25) is 0 Å². The predicted octanol–water partition coefficient (Wildman–Crippen LogP) is 16.3. The molecule has 0 aliphatic heterocycles. The number of rotatable bonds is 5. The van der Waals surface area contributed by atoms with Gasteiger partial charge in [-0.25, -0.2) is 0 Å². The zero-order chi connectivity index (χ0) is 39.8. The van der Waals surface area contributed by atoms with E-state index in [4.69, 9.17) is 0 Å². The maximum Gasteiger partial charge on any atom is 0.0435 e. The molecule has 1 aliphatic rings. The van der Waals surface area contributed by atoms with Crippen molar-refractivity contribution >= 4 is 43.1 Å². The summed E-state index contributed by atoms with van der Waals surface area (Å²) >= 11 is 0. The molecule has 1 aliphatic carbocycles. The molecule has 280 valence electrons. The van der Waals surface area contributed by atoms with Crippen LogP contribution in [0.1, 0.15) is 23.6 Å². The molecule has 0 aromatic heterocycles. The minimum absolute atomic E-state index is 0.286. The molecular formula is C60H40. The molecule has 0 amide bonds. The second kappa shape index (κ2) is 13.5. The quantitative estimate of drug-likeness (QED) is 0.121. The van der Waals surface area contributed by atoms with Gasteiger partial charge in [0.25, 0.3) is 0 Å². The Labute approximate surface area is 350 Å². The van der Waals surface area contributed by atoms with E-state index in [1.807, 2.05) is 0 Å². The van der Waals surface area contributed by atoms with E-state index in [0.29, 0.717) is 0 Å². The van der Waals surface area contributed by atoms with E-state index in [9.17, 15) is 0 Å². The molecule has 0 saturated carbocycles. The summed E-state index contributed by atoms with van der Waals surface area (Å²) in [7, 11) is 0. The lowest BCUT2D eigenvalue weighted by Gasteiger charge is -2.29. The Morgan fingerprint density at radius 2 is 0.833 bits per heavy atom. The summed E-state index contributed by atoms with van der Waals surface area (Å²) in [6, 6.07) is 83.4. The van der Waals surface area contributed by atoms with Crippen LogP contribution in [0.3, 0.4) is 0 Å². The molecule has 12 rings (SSSR count). The Hall–Kier alpha value is -7.54. The van der Waals surface area contributed by atoms with Crippen molar-refractivity contribution in [3.63, 3.8) is 0 Å². The van der Waals surface area contributed by atoms with Gasteiger partial charge in [-0.05, 0) is 141 Å². The first-order valence-electron chi connectivity index (χ1n) is 21.0. The highest BCUT2D eigenvalue weighted by Gasteiger charge is 2.41. The van der Waals surface area contributed by atoms with E-state index in [1.54, 1.807) is 0 Å². The van der Waals surface area contributed by atoms with Crippen LogP contribution >= 0.6 is 0 Å². The lowest BCUT2D eigenvalue weighted by atomic mass is 9.73. The van der Waals surface area contributed by atoms with Crippen LogP contribution in [-0.2, 0) is 5.41 Å². The second-order valence-corrected chi connectivity index (χ2v) is 16.5. The molecule has 1 atom stereocenters. The number of hydrogen-bond donors (Lipinski definition) is 0. The lowest BCUT2D eigenvalue weighted by Crippen LogP contribution is -2.22. The molecule has 0 heterocycles. The van der Waals surface area contributed by atoms with Crippen LogP contribution in [0, 0.1) is 0 Å². The lowest BCUT2D eigenvalue weighted by molar-refractivity contribution is 0.715. The van der Waals surface area contributed by atoms with Gasteiger partial charge in [0, 0.05) is 5.41 Å². The molecule has 0 radical (unpaired) electrons. The van der Waals surface area contributed by atoms with Crippen molar-refractivity contribution < 1.29 is 0 Å². The molecule has 1 unspecified atom stereocenters. The Kier molecular flexibility index (Phi) is 7.77. The largest absolute Gasteiger partial charge is 0.0622 e. The maximum absolute atomic E-state index is 2.46. The van der Waals surface area contributed by atoms with Crippen LogP contribution in [0.2, 0.25) is 0 Å². The summed E-state index contributed by atoms with van der Waals surface area (Å²) in [5.41, 5.74) is 16.3. The summed E-state index contributed by atoms with van der Waals surface area (Å²) in [5, 5.41) is 10.1. The zero-order valence-corrected chi connectivity index (χ0v) is 33.4. The van der Waals surface area contributed by atoms with E-state index in [-0.39, 0.29) is 5.41 Å². The van der Waals surface area contributed by atoms with E-state index in [2.05, 4.69) is 231 Å². The molecule has 60 heavy (non-hydrogen) atoms. The molecule has 0 fully saturated rings. The first-order valence-corrected chi connectivity index (χ1v) is 21.0. The fourth-order valence-electron chi connectivity index (χ4n) is 10.4. The molecule has 11 aromatic carbocycles. The van der Waals surface area contributed by atoms with Gasteiger partial charge in [0.05, 0.1) is 0 Å². The van der Waals surface area contributed by atoms with Crippen molar-refractivity contribution in [2.45, 2.75) is 12.3 Å². The molecule has 0 spiro atoms. The van der Waals surface area contributed by atoms with Crippen LogP contribution < -0.4 is 0 Å². The predicted molar refractivity (Wildman–Crippen MR) is 256 cm³/mol. The van der Waals surface area contributed by atoms with E-state index in [0.717, 1.165) is 0 Å². The first-order chi connectivity index (χ1) is 29.6. The Bertz CT molecular complexity index is 3470. The van der Waals surface area contributed by atoms with Crippen LogP contribution in [0.25, 0.3) is 98.7 Å². The first kappa shape index (κ1) is 34.5. The van der Waals surface area contributed by atoms with Crippen LogP contribution in [0.4, 0.5) is 0 Å². The van der Waals surface area contributed by atoms with Gasteiger partial charge < -0.3 is 0 Å². The molecule has 0 nitrogen and oxygen atoms in total. The third-order valence-electron chi connectivity index (χ3n) is 13.3. The highest BCUT2D eigenvalue weighted by molar-refractivity contribution is 6.28. The van der Waals surface area contributed by atoms with Crippen LogP contribution in [0.5, 0.6) is 0 Å². The molecule has 0 bridgehead atoms. The summed E-state index contributed by atoms with van der Waals surface area (Å²) < 4.78 is 0. The fraction of sp³-hybridized carbons (Fsp3) is 0.0333. The minimum atomic E-state index is -0.286. The van der Waals surface area contributed by atoms with Crippen molar-refractivity contribution in [2.75, 3.05) is 0 Å². The number of hydrogen-bond acceptors (Lipinski definition) is 0. The van der Waals surface area contributed by atoms with Gasteiger partial charge in [-0.15, -0.1) is 0 Å². The monoisotopic (exact) mass is 760 g/mol. The van der Waals surface area contributed by atoms with Crippen molar-refractivity contribution in [1.82, 2.24) is 0 Å². The maximum atomic E-state index is 2.46. The summed E-state index contributed by atoms with van der Waals surface area (Å²) in [6.45, 7) is 2.41. The third-order valence-corrected chi connectivity index (χ3v) is 13.3. The molecule has 11 aromatic rings. The van der Waals surface area contributed by atoms with E-state index >= 15 is 0 Å². The fourth-order valence-corrected chi connectivity index (χ4v) is 10.4. The molecular weight excluding hydrogens is 721 g/mol. The van der Waals surface area contributed by atoms with Gasteiger partial charge in [-0.3, -0.25) is 0 Å². The summed E-state index contributed by atoms with van der Waals surface area (Å²) in [6.07, 6.45) is 0. The average Bonchev–Trinajstić information content (AvgIpc) is 3.57. The van der Waals surface area contributed by atoms with Crippen molar-refractivity contribution in [2.24, 2.45) is 0 Å². The Balaban J connectivity index is 1.05. The summed E-state index contributed by atoms with van der Waals surface area (Å²) in [5.74, 6) is 0. The van der Waals surface area contributed by atoms with Gasteiger partial charge in [-0.2, -0.15) is 0 Å². The highest BCUT2D eigenvalue weighted by Crippen LogP contribution is 2.54. The van der Waals surface area contributed by atoms with Crippen LogP contribution in [-0.4, -0.2) is 0 Å². The Morgan fingerprint density at radius 3 is 1.58 bits per heavy atom. The number of benzene rings is 11. The smallest absolute Gasteiger partial charge is 0.0435 e. The van der Waals surface area contributed by atoms with E-state index in [1.165, 1.54) is 115 Å². The van der Waals surface area contributed by atoms with Crippen molar-refractivity contribution in [3.8, 4) is 55.6 Å². The van der Waals surface area contributed by atoms with Gasteiger partial charge >= 0.3 is 0 Å². The van der Waals surface area contributed by atoms with Gasteiger partial charge in [0.1, 0.15) is 0 Å². The third kappa shape index (κ3) is 5.17. The SMILES string of the molecule is CC1(c2ccccc2)c2cc(-c3ccc(-c4c5ccccc5c(-c5ccccc5-c5ccccc5)c5ccc6ccccc6c45)cc3)ccc2-c2cc3ccccc3cc21. The Morgan fingerprint density at radius 1 is 0.283 bits per heavy atom. The van der Waals surface area contributed by atoms with Gasteiger partial charge in [-0.1, -0.05) is 206 Å². The number of fused-ring (bicyclic) bond motifs is 8. The summed E-state index contributed by atoms with van der Waals surface area (Å²) in [4.78, 5) is 0. The highest BCUT2D eigenvalue weighted by atomic mass is 14.4. The average molecular weight is 761 g/mol. The zero-order valence-electron chi connectivity index (χ0n) is 33.4. The molecule has 0 N–H and O–H groups in total. The van der Waals surface area contributed by atoms with Gasteiger partial charge in [0.15, 0.2) is 0 Å². The standard InChI is InChI=1S/C60H40/c1-60(46-21-6-3-7-22-46)55-38-45(33-34-49(55)54-36-43-19-8-9-20-44(43)37-56(54)60)39-28-30-42(31-29-39)57-51-26-14-15-27-52(51)58(53-35-32-41-18-10-11-24-48(41)59(53)57)50-25-13-12-23-47(50)40-16-4-2-5-17-40/h2-38H,1H3. The van der Waals surface area contributed by atoms with E-state index < -0.39 is 0 Å². The van der Waals surface area contributed by atoms with Crippen molar-refractivity contribution in [3.05, 3.63) is 241 Å². The minimum Gasteiger partial charge on any atom is -0.0622 e. The molecule has 0 saturated heterocycles. The normalized spacial score (nSPS) is 14.5. The molecule has 0 heteroatoms. The topological polar surface area (TPSA) is 0 Å². The second-order valence-electron chi connectivity index (χ2n) is 16.5. The van der Waals surface area contributed by atoms with Crippen LogP contribution in [0.15, 0.2) is 224 Å². The van der Waals surface area contributed by atoms with Crippen molar-refractivity contribution in [1.29, 1.82) is 0 Å².